The molecule has 2 aromatic carbocycles. The summed E-state index contributed by atoms with van der Waals surface area (Å²) < 4.78 is 13.0. The number of carbonyl (C=O) groups excluding carboxylic acids is 2. The van der Waals surface area contributed by atoms with E-state index in [2.05, 4.69) is 5.32 Å². The molecule has 1 saturated heterocycles. The van der Waals surface area contributed by atoms with Crippen LogP contribution in [0.2, 0.25) is 5.02 Å². The van der Waals surface area contributed by atoms with Crippen molar-refractivity contribution in [3.05, 3.63) is 70.5 Å². The largest absolute Gasteiger partial charge is 0.352 e. The molecular formula is C19H18ClFN2O2. The van der Waals surface area contributed by atoms with E-state index in [1.54, 1.807) is 29.2 Å². The van der Waals surface area contributed by atoms with Gasteiger partial charge >= 0.3 is 0 Å². The van der Waals surface area contributed by atoms with Crippen molar-refractivity contribution in [1.82, 2.24) is 10.2 Å². The summed E-state index contributed by atoms with van der Waals surface area (Å²) in [6.07, 6.45) is 0.202. The molecule has 0 bridgehead atoms. The van der Waals surface area contributed by atoms with Gasteiger partial charge in [-0.15, -0.1) is 0 Å². The van der Waals surface area contributed by atoms with E-state index in [1.165, 1.54) is 12.1 Å². The Bertz CT molecular complexity index is 762. The summed E-state index contributed by atoms with van der Waals surface area (Å²) >= 11 is 5.83. The number of hydrogen-bond acceptors (Lipinski definition) is 2. The predicted molar refractivity (Wildman–Crippen MR) is 93.2 cm³/mol. The fourth-order valence-corrected chi connectivity index (χ4v) is 2.97. The number of rotatable bonds is 5. The fourth-order valence-electron chi connectivity index (χ4n) is 2.85. The molecule has 0 spiro atoms. The van der Waals surface area contributed by atoms with Crippen LogP contribution in [0, 0.1) is 11.7 Å². The van der Waals surface area contributed by atoms with Crippen molar-refractivity contribution in [1.29, 1.82) is 0 Å². The first-order valence-electron chi connectivity index (χ1n) is 8.05. The second-order valence-corrected chi connectivity index (χ2v) is 6.58. The summed E-state index contributed by atoms with van der Waals surface area (Å²) in [5, 5.41) is 3.51. The van der Waals surface area contributed by atoms with E-state index in [-0.39, 0.29) is 30.0 Å². The highest BCUT2D eigenvalue weighted by Gasteiger charge is 2.34. The van der Waals surface area contributed by atoms with Gasteiger partial charge in [-0.05, 0) is 35.4 Å². The maximum atomic E-state index is 13.0. The maximum Gasteiger partial charge on any atom is 0.225 e. The average molecular weight is 361 g/mol. The first-order chi connectivity index (χ1) is 12.0. The van der Waals surface area contributed by atoms with Crippen LogP contribution in [-0.2, 0) is 22.7 Å². The molecule has 1 aliphatic heterocycles. The lowest BCUT2D eigenvalue weighted by atomic mass is 10.1. The number of nitrogens with one attached hydrogen (secondary N) is 1. The molecule has 0 aromatic heterocycles. The second-order valence-electron chi connectivity index (χ2n) is 6.15. The second kappa shape index (κ2) is 7.66. The quantitative estimate of drug-likeness (QED) is 0.890. The van der Waals surface area contributed by atoms with E-state index in [1.807, 2.05) is 12.1 Å². The average Bonchev–Trinajstić information content (AvgIpc) is 2.97. The summed E-state index contributed by atoms with van der Waals surface area (Å²) in [7, 11) is 0. The molecule has 1 aliphatic rings. The number of amides is 2. The Hall–Kier alpha value is -2.40. The highest BCUT2D eigenvalue weighted by atomic mass is 35.5. The van der Waals surface area contributed by atoms with Crippen molar-refractivity contribution < 1.29 is 14.0 Å². The van der Waals surface area contributed by atoms with Crippen molar-refractivity contribution >= 4 is 23.4 Å². The van der Waals surface area contributed by atoms with Gasteiger partial charge < -0.3 is 10.2 Å². The van der Waals surface area contributed by atoms with E-state index in [0.29, 0.717) is 24.7 Å². The van der Waals surface area contributed by atoms with Gasteiger partial charge in [0.15, 0.2) is 0 Å². The van der Waals surface area contributed by atoms with Gasteiger partial charge in [-0.1, -0.05) is 35.9 Å². The minimum absolute atomic E-state index is 0.0593. The van der Waals surface area contributed by atoms with Crippen LogP contribution >= 0.6 is 11.6 Å². The molecule has 130 valence electrons. The van der Waals surface area contributed by atoms with Gasteiger partial charge in [0, 0.05) is 31.1 Å². The van der Waals surface area contributed by atoms with Gasteiger partial charge in [-0.3, -0.25) is 9.59 Å². The van der Waals surface area contributed by atoms with Gasteiger partial charge in [0.1, 0.15) is 5.82 Å². The molecule has 6 heteroatoms. The number of halogens is 2. The first-order valence-corrected chi connectivity index (χ1v) is 8.43. The zero-order valence-corrected chi connectivity index (χ0v) is 14.3. The molecule has 25 heavy (non-hydrogen) atoms. The predicted octanol–water partition coefficient (Wildman–Crippen LogP) is 3.14. The van der Waals surface area contributed by atoms with Gasteiger partial charge in [-0.25, -0.2) is 4.39 Å². The minimum Gasteiger partial charge on any atom is -0.352 e. The lowest BCUT2D eigenvalue weighted by Crippen LogP contribution is -2.32. The molecule has 1 fully saturated rings. The van der Waals surface area contributed by atoms with Crippen LogP contribution in [0.3, 0.4) is 0 Å². The third-order valence-corrected chi connectivity index (χ3v) is 4.50. The third-order valence-electron chi connectivity index (χ3n) is 4.25. The molecule has 1 atom stereocenters. The van der Waals surface area contributed by atoms with Crippen LogP contribution < -0.4 is 5.32 Å². The molecule has 2 aromatic rings. The molecule has 1 unspecified atom stereocenters. The molecule has 3 rings (SSSR count). The summed E-state index contributed by atoms with van der Waals surface area (Å²) in [6.45, 7) is 1.17. The SMILES string of the molecule is O=C(NCc1ccc(Cl)cc1)C1CC(=O)N(Cc2ccc(F)cc2)C1. The van der Waals surface area contributed by atoms with Gasteiger partial charge in [-0.2, -0.15) is 0 Å². The number of benzene rings is 2. The van der Waals surface area contributed by atoms with Gasteiger partial charge in [0.2, 0.25) is 11.8 Å². The summed E-state index contributed by atoms with van der Waals surface area (Å²) in [4.78, 5) is 26.1. The Labute approximate surface area is 150 Å². The third kappa shape index (κ3) is 4.57. The Morgan fingerprint density at radius 3 is 2.44 bits per heavy atom. The van der Waals surface area contributed by atoms with Crippen LogP contribution in [-0.4, -0.2) is 23.3 Å². The minimum atomic E-state index is -0.361. The number of nitrogens with zero attached hydrogens (tertiary/aromatic N) is 1. The topological polar surface area (TPSA) is 49.4 Å². The zero-order chi connectivity index (χ0) is 17.8. The molecule has 0 saturated carbocycles. The molecule has 0 aliphatic carbocycles. The number of hydrogen-bond donors (Lipinski definition) is 1. The molecular weight excluding hydrogens is 343 g/mol. The van der Waals surface area contributed by atoms with Crippen molar-refractivity contribution in [2.75, 3.05) is 6.54 Å². The van der Waals surface area contributed by atoms with Crippen LogP contribution in [0.4, 0.5) is 4.39 Å². The Balaban J connectivity index is 1.53. The van der Waals surface area contributed by atoms with E-state index in [0.717, 1.165) is 11.1 Å². The van der Waals surface area contributed by atoms with E-state index < -0.39 is 0 Å². The maximum absolute atomic E-state index is 13.0. The molecule has 1 N–H and O–H groups in total. The standard InChI is InChI=1S/C19H18ClFN2O2/c20-16-5-1-13(2-6-16)10-22-19(25)15-9-18(24)23(12-15)11-14-3-7-17(21)8-4-14/h1-8,15H,9-12H2,(H,22,25). The lowest BCUT2D eigenvalue weighted by molar-refractivity contribution is -0.129. The summed E-state index contributed by atoms with van der Waals surface area (Å²) in [5.74, 6) is -0.864. The van der Waals surface area contributed by atoms with Gasteiger partial charge in [0.25, 0.3) is 0 Å². The smallest absolute Gasteiger partial charge is 0.225 e. The van der Waals surface area contributed by atoms with Crippen LogP contribution in [0.25, 0.3) is 0 Å². The van der Waals surface area contributed by atoms with Crippen molar-refractivity contribution in [2.45, 2.75) is 19.5 Å². The number of likely N-dealkylation sites (tertiary alicyclic amines) is 1. The van der Waals surface area contributed by atoms with E-state index in [9.17, 15) is 14.0 Å². The summed E-state index contributed by atoms with van der Waals surface area (Å²) in [6, 6.07) is 13.3. The van der Waals surface area contributed by atoms with Crippen LogP contribution in [0.15, 0.2) is 48.5 Å². The fraction of sp³-hybridized carbons (Fsp3) is 0.263. The molecule has 4 nitrogen and oxygen atoms in total. The molecule has 0 radical (unpaired) electrons. The molecule has 1 heterocycles. The van der Waals surface area contributed by atoms with Crippen LogP contribution in [0.1, 0.15) is 17.5 Å². The van der Waals surface area contributed by atoms with Crippen molar-refractivity contribution in [2.24, 2.45) is 5.92 Å². The zero-order valence-electron chi connectivity index (χ0n) is 13.5. The Morgan fingerprint density at radius 1 is 1.12 bits per heavy atom. The molecule has 2 amide bonds. The highest BCUT2D eigenvalue weighted by Crippen LogP contribution is 2.21. The monoisotopic (exact) mass is 360 g/mol. The van der Waals surface area contributed by atoms with Crippen molar-refractivity contribution in [3.63, 3.8) is 0 Å². The van der Waals surface area contributed by atoms with Gasteiger partial charge in [0.05, 0.1) is 5.92 Å². The summed E-state index contributed by atoms with van der Waals surface area (Å²) in [5.41, 5.74) is 1.79. The van der Waals surface area contributed by atoms with Crippen LogP contribution in [0.5, 0.6) is 0 Å². The lowest BCUT2D eigenvalue weighted by Gasteiger charge is -2.16. The highest BCUT2D eigenvalue weighted by molar-refractivity contribution is 6.30. The Morgan fingerprint density at radius 2 is 1.76 bits per heavy atom. The normalized spacial score (nSPS) is 17.0. The first kappa shape index (κ1) is 17.4. The Kier molecular flexibility index (Phi) is 5.34. The number of carbonyl (C=O) groups is 2. The van der Waals surface area contributed by atoms with Crippen molar-refractivity contribution in [3.8, 4) is 0 Å². The van der Waals surface area contributed by atoms with E-state index >= 15 is 0 Å². The van der Waals surface area contributed by atoms with E-state index in [4.69, 9.17) is 11.6 Å².